The van der Waals surface area contributed by atoms with Gasteiger partial charge in [-0.05, 0) is 37.1 Å². The summed E-state index contributed by atoms with van der Waals surface area (Å²) in [4.78, 5) is 45.2. The number of carboxylic acid groups (broad SMARTS) is 2. The molecule has 0 bridgehead atoms. The van der Waals surface area contributed by atoms with Crippen LogP contribution in [0.25, 0.3) is 0 Å². The van der Waals surface area contributed by atoms with E-state index in [2.05, 4.69) is 10.6 Å². The van der Waals surface area contributed by atoms with Crippen molar-refractivity contribution in [1.82, 2.24) is 10.6 Å². The summed E-state index contributed by atoms with van der Waals surface area (Å²) in [6.07, 6.45) is 0.790. The third-order valence-corrected chi connectivity index (χ3v) is 3.85. The Morgan fingerprint density at radius 1 is 1.24 bits per heavy atom. The molecule has 0 aliphatic carbocycles. The second-order valence-corrected chi connectivity index (χ2v) is 6.21. The van der Waals surface area contributed by atoms with E-state index < -0.39 is 24.0 Å². The molecular formula is C18H25N5O6. The first-order valence-corrected chi connectivity index (χ1v) is 8.83. The number of nitrogens with zero attached hydrogens (tertiary/aromatic N) is 1. The van der Waals surface area contributed by atoms with Crippen molar-refractivity contribution >= 4 is 35.4 Å². The number of benzene rings is 1. The number of carbonyl (C=O) groups is 4. The molecule has 0 aromatic heterocycles. The maximum atomic E-state index is 12.4. The first-order valence-electron chi connectivity index (χ1n) is 8.83. The van der Waals surface area contributed by atoms with Crippen molar-refractivity contribution < 1.29 is 29.4 Å². The van der Waals surface area contributed by atoms with E-state index in [9.17, 15) is 14.4 Å². The molecular weight excluding hydrogens is 382 g/mol. The Morgan fingerprint density at radius 2 is 1.83 bits per heavy atom. The predicted octanol–water partition coefficient (Wildman–Crippen LogP) is 0.331. The van der Waals surface area contributed by atoms with E-state index in [0.29, 0.717) is 30.6 Å². The Morgan fingerprint density at radius 3 is 2.34 bits per heavy atom. The molecule has 0 unspecified atom stereocenters. The van der Waals surface area contributed by atoms with Gasteiger partial charge in [-0.2, -0.15) is 0 Å². The van der Waals surface area contributed by atoms with E-state index in [4.69, 9.17) is 26.2 Å². The third kappa shape index (κ3) is 8.28. The van der Waals surface area contributed by atoms with Crippen LogP contribution in [0.2, 0.25) is 0 Å². The van der Waals surface area contributed by atoms with Gasteiger partial charge in [0.1, 0.15) is 11.9 Å². The number of carboxylic acids is 2. The maximum Gasteiger partial charge on any atom is 0.315 e. The average molecular weight is 407 g/mol. The zero-order valence-corrected chi connectivity index (χ0v) is 16.0. The quantitative estimate of drug-likeness (QED) is 0.213. The SMILES string of the molecule is CC(=O)O.N=C(N)c1ccc(N2CC[C@H](NC(=O)NCCCC(=O)O)C2=O)cc1. The van der Waals surface area contributed by atoms with Crippen molar-refractivity contribution in [2.45, 2.75) is 32.2 Å². The number of nitrogens with two attached hydrogens (primary N) is 1. The molecule has 2 rings (SSSR count). The van der Waals surface area contributed by atoms with Crippen LogP contribution in [0.15, 0.2) is 24.3 Å². The van der Waals surface area contributed by atoms with Crippen LogP contribution in [0.1, 0.15) is 31.7 Å². The van der Waals surface area contributed by atoms with Gasteiger partial charge < -0.3 is 31.5 Å². The zero-order chi connectivity index (χ0) is 22.0. The van der Waals surface area contributed by atoms with Crippen molar-refractivity contribution in [2.24, 2.45) is 5.73 Å². The largest absolute Gasteiger partial charge is 0.481 e. The molecule has 0 radical (unpaired) electrons. The van der Waals surface area contributed by atoms with Gasteiger partial charge in [-0.1, -0.05) is 0 Å². The fraction of sp³-hybridized carbons (Fsp3) is 0.389. The topological polar surface area (TPSA) is 186 Å². The predicted molar refractivity (Wildman–Crippen MR) is 105 cm³/mol. The molecule has 1 aromatic carbocycles. The van der Waals surface area contributed by atoms with Crippen molar-refractivity contribution in [3.8, 4) is 0 Å². The van der Waals surface area contributed by atoms with Crippen LogP contribution in [0.3, 0.4) is 0 Å². The number of urea groups is 1. The van der Waals surface area contributed by atoms with E-state index in [1.165, 1.54) is 0 Å². The lowest BCUT2D eigenvalue weighted by Gasteiger charge is -2.17. The highest BCUT2D eigenvalue weighted by Crippen LogP contribution is 2.22. The van der Waals surface area contributed by atoms with Gasteiger partial charge >= 0.3 is 12.0 Å². The second kappa shape index (κ2) is 11.3. The summed E-state index contributed by atoms with van der Waals surface area (Å²) in [5, 5.41) is 28.5. The van der Waals surface area contributed by atoms with Crippen LogP contribution in [-0.4, -0.2) is 59.1 Å². The maximum absolute atomic E-state index is 12.4. The summed E-state index contributed by atoms with van der Waals surface area (Å²) in [5.41, 5.74) is 6.66. The Kier molecular flexibility index (Phi) is 9.10. The fourth-order valence-corrected chi connectivity index (χ4v) is 2.54. The van der Waals surface area contributed by atoms with Crippen LogP contribution < -0.4 is 21.3 Å². The van der Waals surface area contributed by atoms with E-state index >= 15 is 0 Å². The summed E-state index contributed by atoms with van der Waals surface area (Å²) < 4.78 is 0. The molecule has 29 heavy (non-hydrogen) atoms. The van der Waals surface area contributed by atoms with Crippen LogP contribution in [0.4, 0.5) is 10.5 Å². The third-order valence-electron chi connectivity index (χ3n) is 3.85. The van der Waals surface area contributed by atoms with Gasteiger partial charge in [0, 0.05) is 37.7 Å². The first kappa shape index (κ1) is 23.4. The number of hydrogen-bond acceptors (Lipinski definition) is 5. The van der Waals surface area contributed by atoms with Crippen LogP contribution in [0, 0.1) is 5.41 Å². The number of nitrogen functional groups attached to an aromatic ring is 1. The van der Waals surface area contributed by atoms with E-state index in [1.807, 2.05) is 0 Å². The Hall–Kier alpha value is -3.63. The minimum absolute atomic E-state index is 0.0212. The monoisotopic (exact) mass is 407 g/mol. The number of amides is 3. The van der Waals surface area contributed by atoms with E-state index in [-0.39, 0.29) is 24.7 Å². The number of hydrogen-bond donors (Lipinski definition) is 6. The molecule has 0 saturated carbocycles. The lowest BCUT2D eigenvalue weighted by atomic mass is 10.2. The van der Waals surface area contributed by atoms with Crippen LogP contribution >= 0.6 is 0 Å². The number of amidine groups is 1. The molecule has 11 nitrogen and oxygen atoms in total. The van der Waals surface area contributed by atoms with Gasteiger partial charge in [0.15, 0.2) is 0 Å². The van der Waals surface area contributed by atoms with Crippen molar-refractivity contribution in [2.75, 3.05) is 18.0 Å². The molecule has 0 spiro atoms. The zero-order valence-electron chi connectivity index (χ0n) is 16.0. The fourth-order valence-electron chi connectivity index (χ4n) is 2.54. The van der Waals surface area contributed by atoms with E-state index in [1.54, 1.807) is 29.2 Å². The standard InChI is InChI=1S/C16H21N5O4.C2H4O2/c17-14(18)10-3-5-11(6-4-10)21-9-7-12(15(21)24)20-16(25)19-8-1-2-13(22)23;1-2(3)4/h3-6,12H,1-2,7-9H2,(H3,17,18)(H,22,23)(H2,19,20,25);1H3,(H,3,4)/t12-;/m0./s1. The van der Waals surface area contributed by atoms with Gasteiger partial charge in [-0.25, -0.2) is 4.79 Å². The highest BCUT2D eigenvalue weighted by molar-refractivity contribution is 6.02. The van der Waals surface area contributed by atoms with Gasteiger partial charge in [0.25, 0.3) is 5.97 Å². The van der Waals surface area contributed by atoms with Gasteiger partial charge in [0.2, 0.25) is 5.91 Å². The molecule has 1 heterocycles. The van der Waals surface area contributed by atoms with Gasteiger partial charge in [-0.3, -0.25) is 19.8 Å². The normalized spacial score (nSPS) is 15.1. The van der Waals surface area contributed by atoms with Crippen LogP contribution in [0.5, 0.6) is 0 Å². The molecule has 1 aromatic rings. The highest BCUT2D eigenvalue weighted by Gasteiger charge is 2.33. The number of rotatable bonds is 7. The number of nitrogens with one attached hydrogen (secondary N) is 3. The van der Waals surface area contributed by atoms with Crippen molar-refractivity contribution in [3.05, 3.63) is 29.8 Å². The number of carbonyl (C=O) groups excluding carboxylic acids is 2. The minimum Gasteiger partial charge on any atom is -0.481 e. The summed E-state index contributed by atoms with van der Waals surface area (Å²) in [5.74, 6) is -2.01. The minimum atomic E-state index is -0.917. The molecule has 1 aliphatic heterocycles. The molecule has 1 saturated heterocycles. The Bertz CT molecular complexity index is 761. The Balaban J connectivity index is 0.000000960. The molecule has 1 fully saturated rings. The number of aliphatic carboxylic acids is 2. The summed E-state index contributed by atoms with van der Waals surface area (Å²) in [6.45, 7) is 1.79. The lowest BCUT2D eigenvalue weighted by Crippen LogP contribution is -2.46. The van der Waals surface area contributed by atoms with Crippen molar-refractivity contribution in [1.29, 1.82) is 5.41 Å². The average Bonchev–Trinajstić information content (AvgIpc) is 2.98. The summed E-state index contributed by atoms with van der Waals surface area (Å²) >= 11 is 0. The van der Waals surface area contributed by atoms with Gasteiger partial charge in [-0.15, -0.1) is 0 Å². The molecule has 1 aliphatic rings. The first-order chi connectivity index (χ1) is 13.6. The van der Waals surface area contributed by atoms with Crippen molar-refractivity contribution in [3.63, 3.8) is 0 Å². The smallest absolute Gasteiger partial charge is 0.315 e. The summed E-state index contributed by atoms with van der Waals surface area (Å²) in [6, 6.07) is 5.65. The molecule has 1 atom stereocenters. The Labute approximate surface area is 167 Å². The molecule has 7 N–H and O–H groups in total. The molecule has 158 valence electrons. The molecule has 3 amide bonds. The summed E-state index contributed by atoms with van der Waals surface area (Å²) in [7, 11) is 0. The van der Waals surface area contributed by atoms with E-state index in [0.717, 1.165) is 6.92 Å². The lowest BCUT2D eigenvalue weighted by molar-refractivity contribution is -0.137. The van der Waals surface area contributed by atoms with Gasteiger partial charge in [0.05, 0.1) is 0 Å². The second-order valence-electron chi connectivity index (χ2n) is 6.21. The number of anilines is 1. The van der Waals surface area contributed by atoms with Crippen LogP contribution in [-0.2, 0) is 14.4 Å². The highest BCUT2D eigenvalue weighted by atomic mass is 16.4. The molecule has 11 heteroatoms.